The molecule has 1 aliphatic carbocycles. The quantitative estimate of drug-likeness (QED) is 0.812. The Morgan fingerprint density at radius 2 is 1.89 bits per heavy atom. The van der Waals surface area contributed by atoms with E-state index >= 15 is 0 Å². The van der Waals surface area contributed by atoms with Gasteiger partial charge in [-0.15, -0.1) is 0 Å². The second-order valence-electron chi connectivity index (χ2n) is 6.71. The molecule has 0 aromatic rings. The van der Waals surface area contributed by atoms with Crippen LogP contribution in [-0.4, -0.2) is 54.0 Å². The van der Waals surface area contributed by atoms with Crippen molar-refractivity contribution in [2.24, 2.45) is 17.6 Å². The predicted molar refractivity (Wildman–Crippen MR) is 75.7 cm³/mol. The van der Waals surface area contributed by atoms with Crippen LogP contribution in [0.3, 0.4) is 0 Å². The molecule has 4 atom stereocenters. The van der Waals surface area contributed by atoms with Crippen molar-refractivity contribution in [2.45, 2.75) is 51.1 Å². The Bertz CT molecular complexity index is 342. The molecule has 0 aromatic carbocycles. The van der Waals surface area contributed by atoms with Gasteiger partial charge < -0.3 is 10.6 Å². The summed E-state index contributed by atoms with van der Waals surface area (Å²) in [4.78, 5) is 17.0. The molecule has 4 nitrogen and oxygen atoms in total. The minimum absolute atomic E-state index is 0.0434. The number of amides is 1. The second kappa shape index (κ2) is 5.41. The fourth-order valence-corrected chi connectivity index (χ4v) is 4.00. The van der Waals surface area contributed by atoms with Crippen molar-refractivity contribution in [3.63, 3.8) is 0 Å². The van der Waals surface area contributed by atoms with Crippen LogP contribution >= 0.6 is 0 Å². The van der Waals surface area contributed by atoms with Crippen molar-refractivity contribution in [3.8, 4) is 0 Å². The van der Waals surface area contributed by atoms with E-state index in [-0.39, 0.29) is 12.0 Å². The highest BCUT2D eigenvalue weighted by Gasteiger charge is 2.39. The molecule has 2 saturated heterocycles. The highest BCUT2D eigenvalue weighted by molar-refractivity contribution is 5.80. The fourth-order valence-electron chi connectivity index (χ4n) is 4.00. The minimum atomic E-state index is 0.0434. The molecule has 1 amide bonds. The molecule has 0 aromatic heterocycles. The topological polar surface area (TPSA) is 49.6 Å². The number of rotatable bonds is 2. The van der Waals surface area contributed by atoms with Crippen molar-refractivity contribution in [1.29, 1.82) is 0 Å². The lowest BCUT2D eigenvalue weighted by Gasteiger charge is -2.43. The molecule has 0 radical (unpaired) electrons. The van der Waals surface area contributed by atoms with Gasteiger partial charge in [-0.05, 0) is 38.1 Å². The average molecular weight is 265 g/mol. The number of carbonyl (C=O) groups is 1. The maximum Gasteiger partial charge on any atom is 0.228 e. The summed E-state index contributed by atoms with van der Waals surface area (Å²) >= 11 is 0. The van der Waals surface area contributed by atoms with E-state index in [1.54, 1.807) is 0 Å². The zero-order valence-electron chi connectivity index (χ0n) is 12.1. The first-order valence-electron chi connectivity index (χ1n) is 7.95. The Labute approximate surface area is 116 Å². The molecule has 3 rings (SSSR count). The van der Waals surface area contributed by atoms with Crippen LogP contribution in [0, 0.1) is 11.8 Å². The summed E-state index contributed by atoms with van der Waals surface area (Å²) < 4.78 is 0. The van der Waals surface area contributed by atoms with Gasteiger partial charge in [0.1, 0.15) is 0 Å². The van der Waals surface area contributed by atoms with Crippen molar-refractivity contribution in [2.75, 3.05) is 26.2 Å². The lowest BCUT2D eigenvalue weighted by molar-refractivity contribution is -0.142. The third-order valence-electron chi connectivity index (χ3n) is 5.47. The van der Waals surface area contributed by atoms with E-state index in [9.17, 15) is 4.79 Å². The van der Waals surface area contributed by atoms with Gasteiger partial charge in [-0.3, -0.25) is 9.69 Å². The van der Waals surface area contributed by atoms with Crippen molar-refractivity contribution in [3.05, 3.63) is 0 Å². The number of nitrogens with zero attached hydrogens (tertiary/aromatic N) is 2. The standard InChI is InChI=1S/C15H27N3O/c1-11-4-2-5-14(11)18-9-6-13(16)12(10-18)15(19)17-7-3-8-17/h11-14H,2-10,16H2,1H3/t11?,12-,13-,14?/m1/s1. The van der Waals surface area contributed by atoms with Gasteiger partial charge in [0.25, 0.3) is 0 Å². The van der Waals surface area contributed by atoms with Crippen molar-refractivity contribution >= 4 is 5.91 Å². The molecule has 2 aliphatic heterocycles. The normalized spacial score (nSPS) is 40.2. The Morgan fingerprint density at radius 1 is 1.11 bits per heavy atom. The van der Waals surface area contributed by atoms with Gasteiger partial charge in [0.05, 0.1) is 5.92 Å². The maximum atomic E-state index is 12.5. The Morgan fingerprint density at radius 3 is 2.47 bits per heavy atom. The van der Waals surface area contributed by atoms with E-state index in [1.807, 2.05) is 4.90 Å². The predicted octanol–water partition coefficient (Wildman–Crippen LogP) is 1.06. The third kappa shape index (κ3) is 2.52. The van der Waals surface area contributed by atoms with Gasteiger partial charge in [-0.1, -0.05) is 13.3 Å². The highest BCUT2D eigenvalue weighted by Crippen LogP contribution is 2.32. The van der Waals surface area contributed by atoms with Gasteiger partial charge in [0, 0.05) is 31.7 Å². The van der Waals surface area contributed by atoms with Gasteiger partial charge >= 0.3 is 0 Å². The SMILES string of the molecule is CC1CCCC1N1CC[C@@H](N)[C@H](C(=O)N2CCC2)C1. The van der Waals surface area contributed by atoms with Crippen molar-refractivity contribution in [1.82, 2.24) is 9.80 Å². The number of piperidine rings is 1. The van der Waals surface area contributed by atoms with Gasteiger partial charge in [0.2, 0.25) is 5.91 Å². The van der Waals surface area contributed by atoms with E-state index in [2.05, 4.69) is 11.8 Å². The Hall–Kier alpha value is -0.610. The monoisotopic (exact) mass is 265 g/mol. The molecular weight excluding hydrogens is 238 g/mol. The van der Waals surface area contributed by atoms with Crippen LogP contribution in [0.5, 0.6) is 0 Å². The van der Waals surface area contributed by atoms with Gasteiger partial charge in [-0.25, -0.2) is 0 Å². The number of hydrogen-bond acceptors (Lipinski definition) is 3. The van der Waals surface area contributed by atoms with Crippen LogP contribution in [0.2, 0.25) is 0 Å². The molecule has 3 fully saturated rings. The molecule has 2 heterocycles. The smallest absolute Gasteiger partial charge is 0.228 e. The number of nitrogens with two attached hydrogens (primary N) is 1. The summed E-state index contributed by atoms with van der Waals surface area (Å²) in [6, 6.07) is 0.764. The first-order chi connectivity index (χ1) is 9.16. The lowest BCUT2D eigenvalue weighted by Crippen LogP contribution is -2.58. The van der Waals surface area contributed by atoms with Gasteiger partial charge in [-0.2, -0.15) is 0 Å². The van der Waals surface area contributed by atoms with E-state index in [0.717, 1.165) is 44.9 Å². The second-order valence-corrected chi connectivity index (χ2v) is 6.71. The third-order valence-corrected chi connectivity index (χ3v) is 5.47. The molecule has 108 valence electrons. The van der Waals surface area contributed by atoms with Crippen LogP contribution in [0.1, 0.15) is 39.0 Å². The number of carbonyl (C=O) groups excluding carboxylic acids is 1. The van der Waals surface area contributed by atoms with Crippen LogP contribution in [0.25, 0.3) is 0 Å². The Kier molecular flexibility index (Phi) is 3.81. The molecular formula is C15H27N3O. The highest BCUT2D eigenvalue weighted by atomic mass is 16.2. The van der Waals surface area contributed by atoms with E-state index in [1.165, 1.54) is 19.3 Å². The van der Waals surface area contributed by atoms with Crippen LogP contribution in [-0.2, 0) is 4.79 Å². The van der Waals surface area contributed by atoms with Gasteiger partial charge in [0.15, 0.2) is 0 Å². The molecule has 19 heavy (non-hydrogen) atoms. The summed E-state index contributed by atoms with van der Waals surface area (Å²) in [6.07, 6.45) is 6.14. The Balaban J connectivity index is 1.64. The van der Waals surface area contributed by atoms with Crippen LogP contribution < -0.4 is 5.73 Å². The molecule has 0 bridgehead atoms. The first kappa shape index (κ1) is 13.4. The first-order valence-corrected chi connectivity index (χ1v) is 7.95. The maximum absolute atomic E-state index is 12.5. The summed E-state index contributed by atoms with van der Waals surface area (Å²) in [5.41, 5.74) is 6.22. The van der Waals surface area contributed by atoms with Crippen LogP contribution in [0.15, 0.2) is 0 Å². The molecule has 4 heteroatoms. The zero-order valence-corrected chi connectivity index (χ0v) is 12.1. The van der Waals surface area contributed by atoms with E-state index in [4.69, 9.17) is 5.73 Å². The molecule has 1 saturated carbocycles. The number of hydrogen-bond donors (Lipinski definition) is 1. The summed E-state index contributed by atoms with van der Waals surface area (Å²) in [7, 11) is 0. The summed E-state index contributed by atoms with van der Waals surface area (Å²) in [5.74, 6) is 1.14. The zero-order chi connectivity index (χ0) is 13.4. The molecule has 2 N–H and O–H groups in total. The average Bonchev–Trinajstić information content (AvgIpc) is 2.74. The number of likely N-dealkylation sites (tertiary alicyclic amines) is 2. The molecule has 0 spiro atoms. The fraction of sp³-hybridized carbons (Fsp3) is 0.933. The summed E-state index contributed by atoms with van der Waals surface area (Å²) in [6.45, 7) is 6.23. The van der Waals surface area contributed by atoms with E-state index < -0.39 is 0 Å². The molecule has 2 unspecified atom stereocenters. The van der Waals surface area contributed by atoms with E-state index in [0.29, 0.717) is 11.9 Å². The minimum Gasteiger partial charge on any atom is -0.342 e. The molecule has 3 aliphatic rings. The van der Waals surface area contributed by atoms with Crippen molar-refractivity contribution < 1.29 is 4.79 Å². The largest absolute Gasteiger partial charge is 0.342 e. The lowest BCUT2D eigenvalue weighted by atomic mass is 9.88. The summed E-state index contributed by atoms with van der Waals surface area (Å²) in [5, 5.41) is 0. The van der Waals surface area contributed by atoms with Crippen LogP contribution in [0.4, 0.5) is 0 Å².